The molecule has 0 aliphatic carbocycles. The Labute approximate surface area is 185 Å². The first-order valence-corrected chi connectivity index (χ1v) is 10.6. The molecule has 0 spiro atoms. The number of esters is 1. The quantitative estimate of drug-likeness (QED) is 0.501. The van der Waals surface area contributed by atoms with Crippen molar-refractivity contribution in [3.8, 4) is 11.5 Å². The molecule has 0 bridgehead atoms. The number of unbranched alkanes of at least 4 members (excludes halogenated alkanes) is 1. The third-order valence-corrected chi connectivity index (χ3v) is 5.23. The summed E-state index contributed by atoms with van der Waals surface area (Å²) in [7, 11) is 0. The molecule has 0 atom stereocenters. The smallest absolute Gasteiger partial charge is 0.338 e. The van der Waals surface area contributed by atoms with Crippen molar-refractivity contribution >= 4 is 29.3 Å². The zero-order chi connectivity index (χ0) is 22.5. The van der Waals surface area contributed by atoms with E-state index in [0.29, 0.717) is 48.1 Å². The number of anilines is 2. The number of benzene rings is 2. The number of rotatable bonds is 8. The Balaban J connectivity index is 1.30. The lowest BCUT2D eigenvalue weighted by Gasteiger charge is -2.18. The van der Waals surface area contributed by atoms with Gasteiger partial charge in [-0.2, -0.15) is 0 Å². The Kier molecular flexibility index (Phi) is 6.44. The lowest BCUT2D eigenvalue weighted by Crippen LogP contribution is -2.37. The van der Waals surface area contributed by atoms with Crippen LogP contribution in [0.4, 0.5) is 16.2 Å². The second kappa shape index (κ2) is 9.59. The fraction of sp³-hybridized carbons (Fsp3) is 0.348. The van der Waals surface area contributed by atoms with Crippen molar-refractivity contribution < 1.29 is 28.6 Å². The van der Waals surface area contributed by atoms with Gasteiger partial charge in [0.2, 0.25) is 12.7 Å². The van der Waals surface area contributed by atoms with Crippen molar-refractivity contribution in [3.63, 3.8) is 0 Å². The molecule has 2 aromatic carbocycles. The van der Waals surface area contributed by atoms with Crippen LogP contribution in [-0.2, 0) is 9.53 Å². The summed E-state index contributed by atoms with van der Waals surface area (Å²) in [4.78, 5) is 40.3. The lowest BCUT2D eigenvalue weighted by molar-refractivity contribution is -0.116. The fourth-order valence-corrected chi connectivity index (χ4v) is 3.48. The summed E-state index contributed by atoms with van der Waals surface area (Å²) in [5.74, 6) is 0.549. The van der Waals surface area contributed by atoms with Crippen LogP contribution < -0.4 is 19.7 Å². The molecule has 0 unspecified atom stereocenters. The summed E-state index contributed by atoms with van der Waals surface area (Å²) < 4.78 is 15.8. The van der Waals surface area contributed by atoms with Crippen molar-refractivity contribution in [3.05, 3.63) is 48.0 Å². The second-order valence-electron chi connectivity index (χ2n) is 7.51. The highest BCUT2D eigenvalue weighted by molar-refractivity contribution is 5.99. The summed E-state index contributed by atoms with van der Waals surface area (Å²) in [6.07, 6.45) is 1.77. The normalized spacial score (nSPS) is 14.6. The molecule has 0 saturated carbocycles. The number of carbonyl (C=O) groups excluding carboxylic acids is 3. The molecule has 4 rings (SSSR count). The van der Waals surface area contributed by atoms with Crippen LogP contribution in [0.1, 0.15) is 30.1 Å². The summed E-state index contributed by atoms with van der Waals surface area (Å²) in [6, 6.07) is 11.6. The zero-order valence-corrected chi connectivity index (χ0v) is 17.8. The van der Waals surface area contributed by atoms with Gasteiger partial charge in [-0.15, -0.1) is 0 Å². The number of fused-ring (bicyclic) bond motifs is 1. The molecule has 0 aromatic heterocycles. The van der Waals surface area contributed by atoms with Crippen LogP contribution in [0.2, 0.25) is 0 Å². The number of nitrogens with one attached hydrogen (secondary N) is 1. The van der Waals surface area contributed by atoms with Crippen molar-refractivity contribution in [2.75, 3.05) is 43.3 Å². The predicted molar refractivity (Wildman–Crippen MR) is 117 cm³/mol. The first-order chi connectivity index (χ1) is 15.5. The number of hydrogen-bond acceptors (Lipinski definition) is 6. The van der Waals surface area contributed by atoms with Gasteiger partial charge in [-0.1, -0.05) is 13.3 Å². The van der Waals surface area contributed by atoms with Gasteiger partial charge in [-0.05, 0) is 42.8 Å². The highest BCUT2D eigenvalue weighted by Gasteiger charge is 2.31. The van der Waals surface area contributed by atoms with Crippen molar-refractivity contribution in [1.29, 1.82) is 0 Å². The van der Waals surface area contributed by atoms with Gasteiger partial charge >= 0.3 is 12.0 Å². The largest absolute Gasteiger partial charge is 0.462 e. The fourth-order valence-electron chi connectivity index (χ4n) is 3.48. The Morgan fingerprint density at radius 2 is 1.84 bits per heavy atom. The van der Waals surface area contributed by atoms with Gasteiger partial charge < -0.3 is 24.4 Å². The number of hydrogen-bond donors (Lipinski definition) is 1. The van der Waals surface area contributed by atoms with E-state index in [2.05, 4.69) is 5.32 Å². The maximum Gasteiger partial charge on any atom is 0.338 e. The topological polar surface area (TPSA) is 97.4 Å². The van der Waals surface area contributed by atoms with Crippen LogP contribution in [0.3, 0.4) is 0 Å². The van der Waals surface area contributed by atoms with Crippen LogP contribution in [-0.4, -0.2) is 55.8 Å². The Morgan fingerprint density at radius 3 is 2.62 bits per heavy atom. The Hall–Kier alpha value is -3.75. The molecule has 1 fully saturated rings. The van der Waals surface area contributed by atoms with Gasteiger partial charge in [0, 0.05) is 30.5 Å². The van der Waals surface area contributed by atoms with E-state index in [1.54, 1.807) is 47.4 Å². The van der Waals surface area contributed by atoms with E-state index in [1.165, 1.54) is 4.90 Å². The number of nitrogens with zero attached hydrogens (tertiary/aromatic N) is 2. The van der Waals surface area contributed by atoms with E-state index in [0.717, 1.165) is 12.8 Å². The van der Waals surface area contributed by atoms with Gasteiger partial charge in [-0.25, -0.2) is 9.59 Å². The minimum absolute atomic E-state index is 0.0688. The minimum Gasteiger partial charge on any atom is -0.462 e. The van der Waals surface area contributed by atoms with Crippen molar-refractivity contribution in [2.24, 2.45) is 0 Å². The Bertz CT molecular complexity index is 1010. The summed E-state index contributed by atoms with van der Waals surface area (Å²) in [5, 5.41) is 2.76. The van der Waals surface area contributed by atoms with Gasteiger partial charge in [0.15, 0.2) is 11.5 Å². The van der Waals surface area contributed by atoms with E-state index < -0.39 is 0 Å². The minimum atomic E-state index is -0.386. The molecule has 9 heteroatoms. The number of amides is 3. The molecule has 3 amide bonds. The number of carbonyl (C=O) groups is 3. The van der Waals surface area contributed by atoms with Crippen LogP contribution in [0, 0.1) is 0 Å². The third-order valence-electron chi connectivity index (χ3n) is 5.23. The molecular formula is C23H25N3O6. The lowest BCUT2D eigenvalue weighted by atomic mass is 10.2. The molecule has 9 nitrogen and oxygen atoms in total. The van der Waals surface area contributed by atoms with Crippen molar-refractivity contribution in [2.45, 2.75) is 19.8 Å². The van der Waals surface area contributed by atoms with E-state index >= 15 is 0 Å². The number of ether oxygens (including phenoxy) is 3. The molecule has 1 saturated heterocycles. The molecule has 2 aliphatic rings. The molecule has 168 valence electrons. The van der Waals surface area contributed by atoms with Crippen LogP contribution >= 0.6 is 0 Å². The van der Waals surface area contributed by atoms with E-state index in [4.69, 9.17) is 14.2 Å². The van der Waals surface area contributed by atoms with E-state index in [-0.39, 0.29) is 31.2 Å². The van der Waals surface area contributed by atoms with Gasteiger partial charge in [-0.3, -0.25) is 9.69 Å². The van der Waals surface area contributed by atoms with Gasteiger partial charge in [0.1, 0.15) is 6.54 Å². The van der Waals surface area contributed by atoms with E-state index in [1.807, 2.05) is 6.92 Å². The monoisotopic (exact) mass is 439 g/mol. The summed E-state index contributed by atoms with van der Waals surface area (Å²) >= 11 is 0. The highest BCUT2D eigenvalue weighted by Crippen LogP contribution is 2.36. The molecule has 2 aromatic rings. The molecular weight excluding hydrogens is 414 g/mol. The Morgan fingerprint density at radius 1 is 1.06 bits per heavy atom. The van der Waals surface area contributed by atoms with Gasteiger partial charge in [0.25, 0.3) is 0 Å². The summed E-state index contributed by atoms with van der Waals surface area (Å²) in [6.45, 7) is 3.42. The van der Waals surface area contributed by atoms with Crippen molar-refractivity contribution in [1.82, 2.24) is 4.90 Å². The molecule has 2 aliphatic heterocycles. The molecule has 1 N–H and O–H groups in total. The average molecular weight is 439 g/mol. The van der Waals surface area contributed by atoms with Crippen LogP contribution in [0.5, 0.6) is 11.5 Å². The average Bonchev–Trinajstić information content (AvgIpc) is 3.40. The maximum atomic E-state index is 12.8. The highest BCUT2D eigenvalue weighted by atomic mass is 16.7. The second-order valence-corrected chi connectivity index (χ2v) is 7.51. The predicted octanol–water partition coefficient (Wildman–Crippen LogP) is 3.25. The first kappa shape index (κ1) is 21.5. The standard InChI is InChI=1S/C23H25N3O6/c1-2-3-12-30-22(28)16-4-6-17(7-5-16)24-21(27)14-25-10-11-26(23(25)29)18-8-9-19-20(13-18)32-15-31-19/h4-9,13H,2-3,10-12,14-15H2,1H3,(H,24,27). The molecule has 32 heavy (non-hydrogen) atoms. The maximum absolute atomic E-state index is 12.8. The third kappa shape index (κ3) is 4.77. The van der Waals surface area contributed by atoms with Crippen LogP contribution in [0.25, 0.3) is 0 Å². The molecule has 2 heterocycles. The SMILES string of the molecule is CCCCOC(=O)c1ccc(NC(=O)CN2CCN(c3ccc4c(c3)OCO4)C2=O)cc1. The van der Waals surface area contributed by atoms with E-state index in [9.17, 15) is 14.4 Å². The van der Waals surface area contributed by atoms with Crippen LogP contribution in [0.15, 0.2) is 42.5 Å². The summed E-state index contributed by atoms with van der Waals surface area (Å²) in [5.41, 5.74) is 1.66. The first-order valence-electron chi connectivity index (χ1n) is 10.6. The van der Waals surface area contributed by atoms with Gasteiger partial charge in [0.05, 0.1) is 12.2 Å². The molecule has 0 radical (unpaired) electrons. The number of urea groups is 1. The zero-order valence-electron chi connectivity index (χ0n) is 17.8.